The fourth-order valence-corrected chi connectivity index (χ4v) is 2.42. The largest absolute Gasteiger partial charge is 0.387 e. The topological polar surface area (TPSA) is 41.5 Å². The maximum Gasteiger partial charge on any atom is 0.0951 e. The van der Waals surface area contributed by atoms with Crippen LogP contribution in [0.1, 0.15) is 54.4 Å². The van der Waals surface area contributed by atoms with Crippen LogP contribution in [0.3, 0.4) is 0 Å². The van der Waals surface area contributed by atoms with Crippen LogP contribution in [-0.4, -0.2) is 21.6 Å². The Hall–Kier alpha value is 0.740. The lowest BCUT2D eigenvalue weighted by atomic mass is 9.81. The normalized spacial score (nSPS) is 15.0. The molecule has 2 atom stereocenters. The van der Waals surface area contributed by atoms with Gasteiger partial charge in [0.25, 0.3) is 0 Å². The average molecular weight is 267 g/mol. The molecular formula is C11H27NO2P2. The van der Waals surface area contributed by atoms with Crippen LogP contribution in [0.4, 0.5) is 0 Å². The summed E-state index contributed by atoms with van der Waals surface area (Å²) in [5.41, 5.74) is -1.27. The number of hydrogen-bond donors (Lipinski definition) is 2. The van der Waals surface area contributed by atoms with Crippen LogP contribution in [0.5, 0.6) is 0 Å². The molecule has 0 bridgehead atoms. The molecule has 0 aliphatic carbocycles. The summed E-state index contributed by atoms with van der Waals surface area (Å²) in [6, 6.07) is 0. The van der Waals surface area contributed by atoms with Crippen molar-refractivity contribution in [2.75, 3.05) is 0 Å². The molecule has 2 unspecified atom stereocenters. The molecule has 0 heterocycles. The Balaban J connectivity index is 4.57. The fourth-order valence-electron chi connectivity index (χ4n) is 1.48. The molecule has 0 saturated heterocycles. The van der Waals surface area contributed by atoms with Crippen molar-refractivity contribution in [3.8, 4) is 0 Å². The molecule has 0 fully saturated rings. The minimum atomic E-state index is -0.753. The van der Waals surface area contributed by atoms with Crippen LogP contribution in [0.15, 0.2) is 0 Å². The smallest absolute Gasteiger partial charge is 0.0951 e. The molecule has 0 aliphatic rings. The summed E-state index contributed by atoms with van der Waals surface area (Å²) in [6.45, 7) is 12.1. The van der Waals surface area contributed by atoms with Gasteiger partial charge in [0.15, 0.2) is 0 Å². The predicted octanol–water partition coefficient (Wildman–Crippen LogP) is 3.04. The Morgan fingerprint density at radius 2 is 1.62 bits per heavy atom. The zero-order valence-corrected chi connectivity index (χ0v) is 13.5. The van der Waals surface area contributed by atoms with Gasteiger partial charge >= 0.3 is 0 Å². The Kier molecular flexibility index (Phi) is 6.35. The molecule has 3 nitrogen and oxygen atoms in total. The molecular weight excluding hydrogens is 240 g/mol. The van der Waals surface area contributed by atoms with E-state index in [9.17, 15) is 5.11 Å². The van der Waals surface area contributed by atoms with E-state index in [2.05, 4.69) is 28.3 Å². The van der Waals surface area contributed by atoms with Crippen LogP contribution in [0, 0.1) is 0 Å². The molecule has 2 N–H and O–H groups in total. The molecule has 0 rings (SSSR count). The maximum absolute atomic E-state index is 10.5. The van der Waals surface area contributed by atoms with Gasteiger partial charge in [-0.15, -0.1) is 0 Å². The van der Waals surface area contributed by atoms with Crippen LogP contribution < -0.4 is 5.09 Å². The second-order valence-corrected chi connectivity index (χ2v) is 7.17. The number of nitrogens with one attached hydrogen (secondary N) is 1. The highest BCUT2D eigenvalue weighted by Crippen LogP contribution is 2.41. The van der Waals surface area contributed by atoms with E-state index in [-0.39, 0.29) is 5.28 Å². The highest BCUT2D eigenvalue weighted by Gasteiger charge is 2.42. The van der Waals surface area contributed by atoms with Crippen LogP contribution in [0.2, 0.25) is 0 Å². The molecule has 0 aromatic rings. The van der Waals surface area contributed by atoms with Gasteiger partial charge in [-0.2, -0.15) is 0 Å². The Labute approximate surface area is 104 Å². The lowest BCUT2D eigenvalue weighted by Crippen LogP contribution is -2.50. The molecule has 0 amide bonds. The lowest BCUT2D eigenvalue weighted by Gasteiger charge is -2.43. The van der Waals surface area contributed by atoms with Crippen molar-refractivity contribution in [1.82, 2.24) is 5.09 Å². The summed E-state index contributed by atoms with van der Waals surface area (Å²) in [5, 5.41) is 13.5. The Morgan fingerprint density at radius 3 is 1.94 bits per heavy atom. The van der Waals surface area contributed by atoms with Crippen LogP contribution >= 0.6 is 18.2 Å². The van der Waals surface area contributed by atoms with Crippen LogP contribution in [-0.2, 0) is 4.52 Å². The summed E-state index contributed by atoms with van der Waals surface area (Å²) < 4.78 is 5.93. The first-order valence-electron chi connectivity index (χ1n) is 5.79. The third-order valence-corrected chi connectivity index (χ3v) is 5.49. The molecule has 0 aromatic carbocycles. The first kappa shape index (κ1) is 16.7. The van der Waals surface area contributed by atoms with Crippen molar-refractivity contribution in [3.05, 3.63) is 0 Å². The minimum absolute atomic E-state index is 0.0790. The first-order valence-corrected chi connectivity index (χ1v) is 7.28. The van der Waals surface area contributed by atoms with Gasteiger partial charge in [-0.1, -0.05) is 23.2 Å². The average Bonchev–Trinajstić information content (AvgIpc) is 2.25. The zero-order valence-electron chi connectivity index (χ0n) is 11.3. The molecule has 5 heteroatoms. The quantitative estimate of drug-likeness (QED) is 0.697. The third kappa shape index (κ3) is 4.20. The molecule has 0 saturated carbocycles. The van der Waals surface area contributed by atoms with Gasteiger partial charge in [0, 0.05) is 8.81 Å². The second-order valence-electron chi connectivity index (χ2n) is 5.22. The maximum atomic E-state index is 10.5. The summed E-state index contributed by atoms with van der Waals surface area (Å²) in [7, 11) is 2.81. The van der Waals surface area contributed by atoms with Crippen molar-refractivity contribution in [2.24, 2.45) is 0 Å². The molecule has 0 radical (unpaired) electrons. The monoisotopic (exact) mass is 267 g/mol. The van der Waals surface area contributed by atoms with E-state index < -0.39 is 11.2 Å². The zero-order chi connectivity index (χ0) is 13.0. The summed E-state index contributed by atoms with van der Waals surface area (Å²) in [6.07, 6.45) is 1.41. The van der Waals surface area contributed by atoms with E-state index in [0.717, 1.165) is 0 Å². The number of rotatable bonds is 7. The van der Waals surface area contributed by atoms with Gasteiger partial charge in [-0.05, 0) is 40.5 Å². The molecule has 0 aromatic heterocycles. The van der Waals surface area contributed by atoms with E-state index in [1.807, 2.05) is 27.7 Å². The van der Waals surface area contributed by atoms with Gasteiger partial charge in [0.1, 0.15) is 0 Å². The van der Waals surface area contributed by atoms with E-state index in [0.29, 0.717) is 21.6 Å². The Bertz CT molecular complexity index is 216. The summed E-state index contributed by atoms with van der Waals surface area (Å²) in [4.78, 5) is 0. The highest BCUT2D eigenvalue weighted by molar-refractivity contribution is 7.35. The van der Waals surface area contributed by atoms with Crippen molar-refractivity contribution < 1.29 is 9.63 Å². The number of hydrogen-bond acceptors (Lipinski definition) is 3. The van der Waals surface area contributed by atoms with Crippen molar-refractivity contribution in [1.29, 1.82) is 0 Å². The fraction of sp³-hybridized carbons (Fsp3) is 1.00. The standard InChI is InChI=1S/C11H27NO2P2/c1-7-11(13,8-2)9(3,4)14-16-10(5,6)12-15/h12-13,16H,7-8,15H2,1-6H3. The minimum Gasteiger partial charge on any atom is -0.387 e. The Morgan fingerprint density at radius 1 is 1.19 bits per heavy atom. The van der Waals surface area contributed by atoms with E-state index >= 15 is 0 Å². The van der Waals surface area contributed by atoms with Gasteiger partial charge in [-0.3, -0.25) is 5.09 Å². The third-order valence-electron chi connectivity index (χ3n) is 3.21. The predicted molar refractivity (Wildman–Crippen MR) is 75.9 cm³/mol. The SMILES string of the molecule is CCC(O)(CC)C(C)(C)OPC(C)(C)NP. The summed E-state index contributed by atoms with van der Waals surface area (Å²) in [5.74, 6) is 0. The lowest BCUT2D eigenvalue weighted by molar-refractivity contribution is -0.115. The molecule has 0 spiro atoms. The van der Waals surface area contributed by atoms with E-state index in [1.54, 1.807) is 0 Å². The van der Waals surface area contributed by atoms with E-state index in [4.69, 9.17) is 4.52 Å². The molecule has 98 valence electrons. The van der Waals surface area contributed by atoms with Crippen molar-refractivity contribution in [2.45, 2.75) is 70.9 Å². The first-order chi connectivity index (χ1) is 7.14. The van der Waals surface area contributed by atoms with Gasteiger partial charge < -0.3 is 9.63 Å². The molecule has 16 heavy (non-hydrogen) atoms. The molecule has 0 aliphatic heterocycles. The summed E-state index contributed by atoms with van der Waals surface area (Å²) >= 11 is 0. The van der Waals surface area contributed by atoms with Crippen molar-refractivity contribution >= 4 is 18.2 Å². The van der Waals surface area contributed by atoms with Gasteiger partial charge in [-0.25, -0.2) is 0 Å². The van der Waals surface area contributed by atoms with Crippen molar-refractivity contribution in [3.63, 3.8) is 0 Å². The van der Waals surface area contributed by atoms with Gasteiger partial charge in [0.2, 0.25) is 0 Å². The van der Waals surface area contributed by atoms with Gasteiger partial charge in [0.05, 0.1) is 16.5 Å². The second kappa shape index (κ2) is 6.07. The highest BCUT2D eigenvalue weighted by atomic mass is 31.1. The van der Waals surface area contributed by atoms with E-state index in [1.165, 1.54) is 0 Å². The number of aliphatic hydroxyl groups is 1. The van der Waals surface area contributed by atoms with Crippen LogP contribution in [0.25, 0.3) is 0 Å².